The molecule has 3 atom stereocenters. The molecule has 1 aliphatic rings. The molecule has 3 nitrogen and oxygen atoms in total. The van der Waals surface area contributed by atoms with Gasteiger partial charge in [0.25, 0.3) is 0 Å². The van der Waals surface area contributed by atoms with E-state index in [1.165, 1.54) is 0 Å². The summed E-state index contributed by atoms with van der Waals surface area (Å²) in [5.74, 6) is 0.531. The Labute approximate surface area is 119 Å². The number of rotatable bonds is 7. The lowest BCUT2D eigenvalue weighted by Gasteiger charge is -2.42. The zero-order valence-electron chi connectivity index (χ0n) is 12.7. The third-order valence-corrected chi connectivity index (χ3v) is 4.16. The highest BCUT2D eigenvalue weighted by Gasteiger charge is 2.32. The number of nitrogens with zero attached hydrogens (tertiary/aromatic N) is 1. The van der Waals surface area contributed by atoms with Crippen LogP contribution in [0.2, 0.25) is 0 Å². The summed E-state index contributed by atoms with van der Waals surface area (Å²) in [5.41, 5.74) is 0. The van der Waals surface area contributed by atoms with Gasteiger partial charge in [0.1, 0.15) is 0 Å². The van der Waals surface area contributed by atoms with Gasteiger partial charge in [0.05, 0.1) is 6.61 Å². The Hall–Kier alpha value is -0.330. The van der Waals surface area contributed by atoms with Gasteiger partial charge >= 0.3 is 6.36 Å². The molecular formula is C14H27F3N2O. The summed E-state index contributed by atoms with van der Waals surface area (Å²) in [4.78, 5) is 2.16. The number of hydrogen-bond acceptors (Lipinski definition) is 3. The van der Waals surface area contributed by atoms with Crippen molar-refractivity contribution in [1.29, 1.82) is 0 Å². The van der Waals surface area contributed by atoms with Gasteiger partial charge < -0.3 is 5.32 Å². The lowest BCUT2D eigenvalue weighted by molar-refractivity contribution is -0.325. The molecule has 6 heteroatoms. The minimum atomic E-state index is -4.52. The van der Waals surface area contributed by atoms with Crippen LogP contribution in [0.3, 0.4) is 0 Å². The van der Waals surface area contributed by atoms with Crippen molar-refractivity contribution >= 4 is 0 Å². The Morgan fingerprint density at radius 1 is 1.35 bits per heavy atom. The van der Waals surface area contributed by atoms with E-state index >= 15 is 0 Å². The third kappa shape index (κ3) is 5.97. The van der Waals surface area contributed by atoms with E-state index in [0.29, 0.717) is 24.5 Å². The van der Waals surface area contributed by atoms with Gasteiger partial charge in [-0.25, -0.2) is 0 Å². The Balaban J connectivity index is 2.50. The second-order valence-electron chi connectivity index (χ2n) is 5.63. The first-order valence-electron chi connectivity index (χ1n) is 7.55. The average Bonchev–Trinajstić information content (AvgIpc) is 2.38. The van der Waals surface area contributed by atoms with Crippen LogP contribution in [-0.4, -0.2) is 49.6 Å². The molecule has 0 aromatic heterocycles. The van der Waals surface area contributed by atoms with E-state index in [-0.39, 0.29) is 6.61 Å². The van der Waals surface area contributed by atoms with Crippen LogP contribution in [0, 0.1) is 5.92 Å². The molecular weight excluding hydrogens is 269 g/mol. The number of alkyl halides is 3. The summed E-state index contributed by atoms with van der Waals surface area (Å²) in [6.07, 6.45) is -1.41. The summed E-state index contributed by atoms with van der Waals surface area (Å²) in [5, 5.41) is 3.54. The Morgan fingerprint density at radius 3 is 2.60 bits per heavy atom. The second kappa shape index (κ2) is 8.20. The van der Waals surface area contributed by atoms with Crippen molar-refractivity contribution in [2.75, 3.05) is 26.2 Å². The standard InChI is InChI=1S/C14H27F3N2O/c1-4-6-12-9-18-13(11(3)5-2)10-19(12)7-8-20-14(15,16)17/h11-13,18H,4-10H2,1-3H3. The normalized spacial score (nSPS) is 26.7. The minimum Gasteiger partial charge on any atom is -0.311 e. The van der Waals surface area contributed by atoms with Crippen molar-refractivity contribution in [1.82, 2.24) is 10.2 Å². The van der Waals surface area contributed by atoms with Crippen LogP contribution in [0.5, 0.6) is 0 Å². The highest BCUT2D eigenvalue weighted by molar-refractivity contribution is 4.88. The van der Waals surface area contributed by atoms with Crippen LogP contribution in [0.15, 0.2) is 0 Å². The number of ether oxygens (including phenoxy) is 1. The fourth-order valence-electron chi connectivity index (χ4n) is 2.72. The van der Waals surface area contributed by atoms with Crippen LogP contribution < -0.4 is 5.32 Å². The predicted molar refractivity (Wildman–Crippen MR) is 73.5 cm³/mol. The zero-order chi connectivity index (χ0) is 15.2. The minimum absolute atomic E-state index is 0.281. The molecule has 0 aromatic carbocycles. The highest BCUT2D eigenvalue weighted by Crippen LogP contribution is 2.20. The van der Waals surface area contributed by atoms with E-state index in [9.17, 15) is 13.2 Å². The van der Waals surface area contributed by atoms with Crippen LogP contribution in [0.4, 0.5) is 13.2 Å². The fourth-order valence-corrected chi connectivity index (χ4v) is 2.72. The van der Waals surface area contributed by atoms with Crippen LogP contribution in [0.1, 0.15) is 40.0 Å². The quantitative estimate of drug-likeness (QED) is 0.781. The van der Waals surface area contributed by atoms with Gasteiger partial charge in [-0.2, -0.15) is 0 Å². The molecule has 0 amide bonds. The molecule has 1 aliphatic heterocycles. The first-order chi connectivity index (χ1) is 9.37. The van der Waals surface area contributed by atoms with Gasteiger partial charge in [-0.3, -0.25) is 9.64 Å². The van der Waals surface area contributed by atoms with Crippen molar-refractivity contribution in [3.8, 4) is 0 Å². The first kappa shape index (κ1) is 17.7. The van der Waals surface area contributed by atoms with E-state index in [1.54, 1.807) is 0 Å². The number of piperazine rings is 1. The number of hydrogen-bond donors (Lipinski definition) is 1. The summed E-state index contributed by atoms with van der Waals surface area (Å²) in [7, 11) is 0. The molecule has 120 valence electrons. The molecule has 1 rings (SSSR count). The predicted octanol–water partition coefficient (Wildman–Crippen LogP) is 3.01. The molecule has 0 saturated carbocycles. The number of halogens is 3. The first-order valence-corrected chi connectivity index (χ1v) is 7.55. The van der Waals surface area contributed by atoms with E-state index in [2.05, 4.69) is 35.7 Å². The molecule has 1 saturated heterocycles. The molecule has 20 heavy (non-hydrogen) atoms. The Kier molecular flexibility index (Phi) is 7.26. The highest BCUT2D eigenvalue weighted by atomic mass is 19.4. The second-order valence-corrected chi connectivity index (χ2v) is 5.63. The molecule has 1 heterocycles. The largest absolute Gasteiger partial charge is 0.522 e. The lowest BCUT2D eigenvalue weighted by Crippen LogP contribution is -2.58. The van der Waals surface area contributed by atoms with E-state index in [4.69, 9.17) is 0 Å². The van der Waals surface area contributed by atoms with Crippen LogP contribution >= 0.6 is 0 Å². The topological polar surface area (TPSA) is 24.5 Å². The molecule has 0 bridgehead atoms. The molecule has 0 radical (unpaired) electrons. The number of nitrogens with one attached hydrogen (secondary N) is 1. The molecule has 1 fully saturated rings. The SMILES string of the molecule is CCCC1CNC(C(C)CC)CN1CCOC(F)(F)F. The van der Waals surface area contributed by atoms with Crippen molar-refractivity contribution in [2.24, 2.45) is 5.92 Å². The third-order valence-electron chi connectivity index (χ3n) is 4.16. The van der Waals surface area contributed by atoms with Gasteiger partial charge in [0, 0.05) is 31.7 Å². The van der Waals surface area contributed by atoms with Crippen molar-refractivity contribution < 1.29 is 17.9 Å². The van der Waals surface area contributed by atoms with E-state index in [1.807, 2.05) is 0 Å². The van der Waals surface area contributed by atoms with Crippen LogP contribution in [-0.2, 0) is 4.74 Å². The maximum atomic E-state index is 12.1. The Bertz CT molecular complexity index is 274. The molecule has 3 unspecified atom stereocenters. The van der Waals surface area contributed by atoms with Crippen molar-refractivity contribution in [3.63, 3.8) is 0 Å². The van der Waals surface area contributed by atoms with Gasteiger partial charge in [-0.15, -0.1) is 13.2 Å². The summed E-state index contributed by atoms with van der Waals surface area (Å²) >= 11 is 0. The van der Waals surface area contributed by atoms with Crippen molar-refractivity contribution in [2.45, 2.75) is 58.5 Å². The lowest BCUT2D eigenvalue weighted by atomic mass is 9.94. The molecule has 0 aromatic rings. The monoisotopic (exact) mass is 296 g/mol. The Morgan fingerprint density at radius 2 is 2.05 bits per heavy atom. The van der Waals surface area contributed by atoms with Gasteiger partial charge in [0.2, 0.25) is 0 Å². The zero-order valence-corrected chi connectivity index (χ0v) is 12.7. The van der Waals surface area contributed by atoms with E-state index < -0.39 is 6.36 Å². The maximum absolute atomic E-state index is 12.1. The van der Waals surface area contributed by atoms with Crippen LogP contribution in [0.25, 0.3) is 0 Å². The van der Waals surface area contributed by atoms with Gasteiger partial charge in [-0.1, -0.05) is 33.6 Å². The summed E-state index contributed by atoms with van der Waals surface area (Å²) < 4.78 is 40.1. The summed E-state index contributed by atoms with van der Waals surface area (Å²) in [6, 6.07) is 0.677. The van der Waals surface area contributed by atoms with Gasteiger partial charge in [0.15, 0.2) is 0 Å². The molecule has 0 aliphatic carbocycles. The molecule has 0 spiro atoms. The fraction of sp³-hybridized carbons (Fsp3) is 1.00. The van der Waals surface area contributed by atoms with E-state index in [0.717, 1.165) is 32.4 Å². The summed E-state index contributed by atoms with van der Waals surface area (Å²) in [6.45, 7) is 8.15. The van der Waals surface area contributed by atoms with Gasteiger partial charge in [-0.05, 0) is 12.3 Å². The average molecular weight is 296 g/mol. The molecule has 1 N–H and O–H groups in total. The van der Waals surface area contributed by atoms with Crippen molar-refractivity contribution in [3.05, 3.63) is 0 Å². The smallest absolute Gasteiger partial charge is 0.311 e. The maximum Gasteiger partial charge on any atom is 0.522 e.